The summed E-state index contributed by atoms with van der Waals surface area (Å²) in [5.74, 6) is -0.373. The van der Waals surface area contributed by atoms with Crippen LogP contribution in [0.4, 0.5) is 11.4 Å². The number of hydrogen-bond donors (Lipinski definition) is 0. The second-order valence-electron chi connectivity index (χ2n) is 6.53. The Morgan fingerprint density at radius 3 is 2.50 bits per heavy atom. The zero-order chi connectivity index (χ0) is 21.3. The van der Waals surface area contributed by atoms with Crippen molar-refractivity contribution >= 4 is 28.3 Å². The Bertz CT molecular complexity index is 1290. The maximum atomic E-state index is 12.8. The average molecular weight is 404 g/mol. The summed E-state index contributed by atoms with van der Waals surface area (Å²) in [5, 5.41) is 15.3. The number of anilines is 1. The molecule has 2 heterocycles. The predicted octanol–water partition coefficient (Wildman–Crippen LogP) is 2.15. The Morgan fingerprint density at radius 1 is 1.13 bits per heavy atom. The fourth-order valence-electron chi connectivity index (χ4n) is 3.01. The first-order chi connectivity index (χ1) is 14.5. The Kier molecular flexibility index (Phi) is 4.80. The number of rotatable bonds is 5. The summed E-state index contributed by atoms with van der Waals surface area (Å²) >= 11 is 0. The van der Waals surface area contributed by atoms with Crippen molar-refractivity contribution in [2.75, 3.05) is 11.9 Å². The maximum absolute atomic E-state index is 12.8. The van der Waals surface area contributed by atoms with Gasteiger partial charge in [0.1, 0.15) is 18.3 Å². The number of para-hydroxylation sites is 1. The van der Waals surface area contributed by atoms with E-state index in [1.165, 1.54) is 53.3 Å². The molecule has 0 saturated heterocycles. The van der Waals surface area contributed by atoms with Gasteiger partial charge in [0.2, 0.25) is 5.91 Å². The van der Waals surface area contributed by atoms with Crippen molar-refractivity contribution in [1.82, 2.24) is 19.3 Å². The number of amides is 1. The first-order valence-corrected chi connectivity index (χ1v) is 8.95. The summed E-state index contributed by atoms with van der Waals surface area (Å²) < 4.78 is 2.77. The predicted molar refractivity (Wildman–Crippen MR) is 110 cm³/mol. The Hall–Kier alpha value is -4.34. The topological polar surface area (TPSA) is 116 Å². The third-order valence-corrected chi connectivity index (χ3v) is 4.68. The molecule has 4 rings (SSSR count). The number of aromatic nitrogens is 4. The summed E-state index contributed by atoms with van der Waals surface area (Å²) in [7, 11) is 1.54. The van der Waals surface area contributed by atoms with Crippen molar-refractivity contribution in [3.8, 4) is 5.69 Å². The number of nitro benzene ring substituents is 1. The van der Waals surface area contributed by atoms with E-state index < -0.39 is 4.92 Å². The van der Waals surface area contributed by atoms with Gasteiger partial charge >= 0.3 is 0 Å². The molecule has 30 heavy (non-hydrogen) atoms. The Balaban J connectivity index is 1.59. The highest BCUT2D eigenvalue weighted by atomic mass is 16.6. The molecule has 1 amide bonds. The van der Waals surface area contributed by atoms with Gasteiger partial charge in [-0.1, -0.05) is 18.2 Å². The fourth-order valence-corrected chi connectivity index (χ4v) is 3.01. The fraction of sp³-hybridized carbons (Fsp3) is 0.100. The molecule has 2 aromatic carbocycles. The van der Waals surface area contributed by atoms with Gasteiger partial charge in [-0.05, 0) is 24.3 Å². The number of nitrogens with zero attached hydrogens (tertiary/aromatic N) is 6. The molecule has 0 aliphatic rings. The van der Waals surface area contributed by atoms with Crippen LogP contribution in [-0.4, -0.2) is 37.2 Å². The van der Waals surface area contributed by atoms with Crippen molar-refractivity contribution in [2.24, 2.45) is 0 Å². The third-order valence-electron chi connectivity index (χ3n) is 4.68. The number of nitro groups is 1. The SMILES string of the molecule is CN(C(=O)Cn1cnc2c(cnn2-c2ccccc2)c1=O)c1ccc([N+](=O)[O-])cc1. The van der Waals surface area contributed by atoms with E-state index in [-0.39, 0.29) is 23.7 Å². The molecular weight excluding hydrogens is 388 g/mol. The molecule has 0 unspecified atom stereocenters. The van der Waals surface area contributed by atoms with E-state index in [1.54, 1.807) is 4.68 Å². The van der Waals surface area contributed by atoms with Gasteiger partial charge in [0, 0.05) is 24.9 Å². The lowest BCUT2D eigenvalue weighted by Gasteiger charge is -2.17. The highest BCUT2D eigenvalue weighted by molar-refractivity contribution is 5.92. The summed E-state index contributed by atoms with van der Waals surface area (Å²) in [6.07, 6.45) is 2.74. The summed E-state index contributed by atoms with van der Waals surface area (Å²) in [5.41, 5.74) is 1.20. The van der Waals surface area contributed by atoms with Crippen LogP contribution in [0.2, 0.25) is 0 Å². The minimum absolute atomic E-state index is 0.0686. The summed E-state index contributed by atoms with van der Waals surface area (Å²) in [6, 6.07) is 14.9. The Morgan fingerprint density at radius 2 is 1.83 bits per heavy atom. The smallest absolute Gasteiger partial charge is 0.269 e. The number of likely N-dealkylation sites (N-methyl/N-ethyl adjacent to an activating group) is 1. The molecular formula is C20H16N6O4. The van der Waals surface area contributed by atoms with E-state index in [9.17, 15) is 19.7 Å². The van der Waals surface area contributed by atoms with Crippen molar-refractivity contribution in [2.45, 2.75) is 6.54 Å². The number of carbonyl (C=O) groups excluding carboxylic acids is 1. The number of non-ortho nitro benzene ring substituents is 1. The quantitative estimate of drug-likeness (QED) is 0.372. The zero-order valence-electron chi connectivity index (χ0n) is 15.9. The summed E-state index contributed by atoms with van der Waals surface area (Å²) in [4.78, 5) is 41.3. The molecule has 0 bridgehead atoms. The van der Waals surface area contributed by atoms with E-state index in [4.69, 9.17) is 0 Å². The molecule has 0 spiro atoms. The van der Waals surface area contributed by atoms with Gasteiger partial charge in [-0.3, -0.25) is 24.3 Å². The van der Waals surface area contributed by atoms with Crippen molar-refractivity contribution < 1.29 is 9.72 Å². The molecule has 0 aliphatic heterocycles. The van der Waals surface area contributed by atoms with Gasteiger partial charge in [0.25, 0.3) is 11.2 Å². The standard InChI is InChI=1S/C20H16N6O4/c1-23(14-7-9-16(10-8-14)26(29)30)18(27)12-24-13-21-19-17(20(24)28)11-22-25(19)15-5-3-2-4-6-15/h2-11,13H,12H2,1H3. The first-order valence-electron chi connectivity index (χ1n) is 8.95. The molecule has 0 aliphatic carbocycles. The Labute approximate surface area is 169 Å². The molecule has 0 N–H and O–H groups in total. The van der Waals surface area contributed by atoms with Crippen LogP contribution in [0.5, 0.6) is 0 Å². The van der Waals surface area contributed by atoms with Gasteiger partial charge in [-0.25, -0.2) is 9.67 Å². The van der Waals surface area contributed by atoms with Gasteiger partial charge in [0.05, 0.1) is 16.8 Å². The molecule has 0 saturated carbocycles. The molecule has 2 aromatic heterocycles. The van der Waals surface area contributed by atoms with Crippen LogP contribution in [0.15, 0.2) is 71.9 Å². The molecule has 10 nitrogen and oxygen atoms in total. The minimum atomic E-state index is -0.512. The molecule has 10 heteroatoms. The van der Waals surface area contributed by atoms with Crippen LogP contribution in [0, 0.1) is 10.1 Å². The second kappa shape index (κ2) is 7.59. The average Bonchev–Trinajstić information content (AvgIpc) is 3.20. The van der Waals surface area contributed by atoms with E-state index in [0.29, 0.717) is 16.7 Å². The lowest BCUT2D eigenvalue weighted by molar-refractivity contribution is -0.384. The number of benzene rings is 2. The van der Waals surface area contributed by atoms with E-state index in [2.05, 4.69) is 10.1 Å². The highest BCUT2D eigenvalue weighted by Crippen LogP contribution is 2.19. The molecule has 150 valence electrons. The molecule has 0 atom stereocenters. The zero-order valence-corrected chi connectivity index (χ0v) is 15.9. The first kappa shape index (κ1) is 19.0. The van der Waals surface area contributed by atoms with Crippen LogP contribution in [0.3, 0.4) is 0 Å². The molecule has 0 radical (unpaired) electrons. The minimum Gasteiger partial charge on any atom is -0.314 e. The lowest BCUT2D eigenvalue weighted by Crippen LogP contribution is -2.34. The van der Waals surface area contributed by atoms with Crippen molar-refractivity contribution in [1.29, 1.82) is 0 Å². The third kappa shape index (κ3) is 3.41. The van der Waals surface area contributed by atoms with Crippen LogP contribution >= 0.6 is 0 Å². The van der Waals surface area contributed by atoms with Crippen LogP contribution < -0.4 is 10.5 Å². The number of hydrogen-bond acceptors (Lipinski definition) is 6. The second-order valence-corrected chi connectivity index (χ2v) is 6.53. The van der Waals surface area contributed by atoms with Gasteiger partial charge in [-0.15, -0.1) is 0 Å². The number of fused-ring (bicyclic) bond motifs is 1. The van der Waals surface area contributed by atoms with E-state index in [0.717, 1.165) is 5.69 Å². The highest BCUT2D eigenvalue weighted by Gasteiger charge is 2.16. The van der Waals surface area contributed by atoms with Crippen LogP contribution in [0.25, 0.3) is 16.7 Å². The maximum Gasteiger partial charge on any atom is 0.269 e. The largest absolute Gasteiger partial charge is 0.314 e. The van der Waals surface area contributed by atoms with E-state index >= 15 is 0 Å². The lowest BCUT2D eigenvalue weighted by atomic mass is 10.2. The molecule has 0 fully saturated rings. The normalized spacial score (nSPS) is 10.8. The monoisotopic (exact) mass is 404 g/mol. The van der Waals surface area contributed by atoms with Crippen molar-refractivity contribution in [3.63, 3.8) is 0 Å². The van der Waals surface area contributed by atoms with Gasteiger partial charge in [-0.2, -0.15) is 5.10 Å². The van der Waals surface area contributed by atoms with Gasteiger partial charge < -0.3 is 4.90 Å². The van der Waals surface area contributed by atoms with Gasteiger partial charge in [0.15, 0.2) is 5.65 Å². The van der Waals surface area contributed by atoms with Crippen LogP contribution in [0.1, 0.15) is 0 Å². The van der Waals surface area contributed by atoms with Crippen molar-refractivity contribution in [3.05, 3.63) is 87.6 Å². The molecule has 4 aromatic rings. The van der Waals surface area contributed by atoms with E-state index in [1.807, 2.05) is 30.3 Å². The van der Waals surface area contributed by atoms with Crippen LogP contribution in [-0.2, 0) is 11.3 Å². The number of carbonyl (C=O) groups is 1. The summed E-state index contributed by atoms with van der Waals surface area (Å²) in [6.45, 7) is -0.230.